The van der Waals surface area contributed by atoms with Gasteiger partial charge < -0.3 is 10.1 Å². The highest BCUT2D eigenvalue weighted by molar-refractivity contribution is 8.00. The van der Waals surface area contributed by atoms with Crippen LogP contribution < -0.4 is 10.1 Å². The highest BCUT2D eigenvalue weighted by Gasteiger charge is 2.32. The highest BCUT2D eigenvalue weighted by atomic mass is 32.2. The third-order valence-corrected chi connectivity index (χ3v) is 7.07. The van der Waals surface area contributed by atoms with Crippen LogP contribution in [0.3, 0.4) is 0 Å². The van der Waals surface area contributed by atoms with Gasteiger partial charge in [0.05, 0.1) is 29.0 Å². The van der Waals surface area contributed by atoms with E-state index in [0.717, 1.165) is 46.1 Å². The number of carbonyl (C=O) groups is 1. The summed E-state index contributed by atoms with van der Waals surface area (Å²) in [5.74, 6) is 1.94. The van der Waals surface area contributed by atoms with Crippen molar-refractivity contribution in [2.75, 3.05) is 17.7 Å². The van der Waals surface area contributed by atoms with Gasteiger partial charge in [-0.1, -0.05) is 67.1 Å². The van der Waals surface area contributed by atoms with E-state index in [1.54, 1.807) is 11.8 Å². The summed E-state index contributed by atoms with van der Waals surface area (Å²) in [6.45, 7) is 4.85. The van der Waals surface area contributed by atoms with Gasteiger partial charge in [0.2, 0.25) is 5.91 Å². The molecule has 0 radical (unpaired) electrons. The summed E-state index contributed by atoms with van der Waals surface area (Å²) in [6, 6.07) is 26.6. The van der Waals surface area contributed by atoms with E-state index in [0.29, 0.717) is 12.4 Å². The molecule has 6 heteroatoms. The van der Waals surface area contributed by atoms with Crippen molar-refractivity contribution in [3.63, 3.8) is 0 Å². The second-order valence-electron chi connectivity index (χ2n) is 8.38. The Kier molecular flexibility index (Phi) is 6.41. The van der Waals surface area contributed by atoms with Gasteiger partial charge in [-0.2, -0.15) is 5.10 Å². The molecule has 1 aromatic heterocycles. The number of hydrogen-bond acceptors (Lipinski definition) is 4. The first kappa shape index (κ1) is 22.3. The zero-order valence-electron chi connectivity index (χ0n) is 19.3. The lowest BCUT2D eigenvalue weighted by Crippen LogP contribution is -2.15. The van der Waals surface area contributed by atoms with Crippen LogP contribution >= 0.6 is 11.8 Å². The number of anilines is 1. The van der Waals surface area contributed by atoms with Gasteiger partial charge in [0.25, 0.3) is 0 Å². The third kappa shape index (κ3) is 4.46. The summed E-state index contributed by atoms with van der Waals surface area (Å²) in [4.78, 5) is 12.8. The molecule has 34 heavy (non-hydrogen) atoms. The van der Waals surface area contributed by atoms with Crippen molar-refractivity contribution in [3.8, 4) is 22.7 Å². The lowest BCUT2D eigenvalue weighted by Gasteiger charge is -2.17. The van der Waals surface area contributed by atoms with E-state index in [9.17, 15) is 4.79 Å². The molecule has 1 amide bonds. The summed E-state index contributed by atoms with van der Waals surface area (Å²) in [6.07, 6.45) is 0.968. The summed E-state index contributed by atoms with van der Waals surface area (Å²) in [7, 11) is 0. The second kappa shape index (κ2) is 9.77. The van der Waals surface area contributed by atoms with E-state index < -0.39 is 0 Å². The fraction of sp³-hybridized carbons (Fsp3) is 0.214. The fourth-order valence-electron chi connectivity index (χ4n) is 4.11. The molecule has 3 aromatic carbocycles. The Morgan fingerprint density at radius 1 is 1.03 bits per heavy atom. The van der Waals surface area contributed by atoms with Gasteiger partial charge in [0.1, 0.15) is 11.6 Å². The number of ether oxygens (including phenoxy) is 1. The molecule has 0 unspecified atom stereocenters. The summed E-state index contributed by atoms with van der Waals surface area (Å²) >= 11 is 1.63. The minimum absolute atomic E-state index is 0.0236. The number of aryl methyl sites for hydroxylation is 1. The molecule has 0 fully saturated rings. The quantitative estimate of drug-likeness (QED) is 0.354. The first-order valence-corrected chi connectivity index (χ1v) is 12.6. The van der Waals surface area contributed by atoms with Gasteiger partial charge in [0.15, 0.2) is 0 Å². The van der Waals surface area contributed by atoms with Crippen molar-refractivity contribution in [2.45, 2.75) is 25.5 Å². The normalized spacial score (nSPS) is 15.4. The van der Waals surface area contributed by atoms with Gasteiger partial charge in [-0.25, -0.2) is 4.68 Å². The molecule has 1 N–H and O–H groups in total. The molecule has 172 valence electrons. The van der Waals surface area contributed by atoms with Crippen LogP contribution in [-0.4, -0.2) is 28.0 Å². The fourth-order valence-corrected chi connectivity index (χ4v) is 5.24. The molecule has 0 spiro atoms. The van der Waals surface area contributed by atoms with Crippen LogP contribution in [0.15, 0.2) is 78.9 Å². The minimum atomic E-state index is -0.0522. The monoisotopic (exact) mass is 469 g/mol. The molecule has 5 rings (SSSR count). The van der Waals surface area contributed by atoms with Gasteiger partial charge >= 0.3 is 0 Å². The number of nitrogens with zero attached hydrogens (tertiary/aromatic N) is 2. The highest BCUT2D eigenvalue weighted by Crippen LogP contribution is 2.47. The molecule has 0 saturated carbocycles. The molecule has 1 aliphatic heterocycles. The van der Waals surface area contributed by atoms with Crippen molar-refractivity contribution < 1.29 is 9.53 Å². The maximum absolute atomic E-state index is 12.8. The smallest absolute Gasteiger partial charge is 0.235 e. The lowest BCUT2D eigenvalue weighted by molar-refractivity contribution is -0.113. The van der Waals surface area contributed by atoms with Gasteiger partial charge in [-0.15, -0.1) is 11.8 Å². The Labute approximate surface area is 204 Å². The van der Waals surface area contributed by atoms with Gasteiger partial charge in [0, 0.05) is 11.1 Å². The van der Waals surface area contributed by atoms with Crippen LogP contribution in [0.1, 0.15) is 35.3 Å². The summed E-state index contributed by atoms with van der Waals surface area (Å²) in [5.41, 5.74) is 6.12. The molecule has 2 heterocycles. The standard InChI is InChI=1S/C28H27N3O2S/c1-3-17-33-23-15-11-21(12-16-23)27-25-26(20-7-5-4-6-8-20)30-31(22-13-9-19(2)10-14-22)28(25)29-24(32)18-34-27/h4-16,27H,3,17-18H2,1-2H3,(H,29,32)/t27-/m0/s1. The number of fused-ring (bicyclic) bond motifs is 1. The van der Waals surface area contributed by atoms with E-state index in [4.69, 9.17) is 9.84 Å². The topological polar surface area (TPSA) is 56.1 Å². The SMILES string of the molecule is CCCOc1ccc([C@@H]2SCC(=O)Nc3c2c(-c2ccccc2)nn3-c2ccc(C)cc2)cc1. The van der Waals surface area contributed by atoms with Gasteiger partial charge in [-0.3, -0.25) is 4.79 Å². The average Bonchev–Trinajstić information content (AvgIpc) is 3.14. The molecule has 0 aliphatic carbocycles. The lowest BCUT2D eigenvalue weighted by atomic mass is 10.00. The van der Waals surface area contributed by atoms with Crippen LogP contribution in [-0.2, 0) is 4.79 Å². The van der Waals surface area contributed by atoms with E-state index in [1.165, 1.54) is 5.56 Å². The Balaban J connectivity index is 1.68. The van der Waals surface area contributed by atoms with E-state index in [-0.39, 0.29) is 11.2 Å². The Morgan fingerprint density at radius 2 is 1.76 bits per heavy atom. The van der Waals surface area contributed by atoms with Crippen LogP contribution in [0.4, 0.5) is 5.82 Å². The van der Waals surface area contributed by atoms with Crippen LogP contribution in [0.25, 0.3) is 16.9 Å². The van der Waals surface area contributed by atoms with E-state index in [1.807, 2.05) is 47.1 Å². The Morgan fingerprint density at radius 3 is 2.47 bits per heavy atom. The van der Waals surface area contributed by atoms with Crippen LogP contribution in [0, 0.1) is 6.92 Å². The molecular weight excluding hydrogens is 442 g/mol. The summed E-state index contributed by atoms with van der Waals surface area (Å²) < 4.78 is 7.65. The molecule has 1 atom stereocenters. The molecule has 4 aromatic rings. The van der Waals surface area contributed by atoms with Gasteiger partial charge in [-0.05, 0) is 43.2 Å². The number of amides is 1. The van der Waals surface area contributed by atoms with Crippen LogP contribution in [0.2, 0.25) is 0 Å². The minimum Gasteiger partial charge on any atom is -0.494 e. The van der Waals surface area contributed by atoms with E-state index in [2.05, 4.69) is 55.6 Å². The largest absolute Gasteiger partial charge is 0.494 e. The molecular formula is C28H27N3O2S. The number of thioether (sulfide) groups is 1. The zero-order valence-corrected chi connectivity index (χ0v) is 20.1. The Bertz CT molecular complexity index is 1280. The number of aromatic nitrogens is 2. The molecule has 0 saturated heterocycles. The zero-order chi connectivity index (χ0) is 23.5. The van der Waals surface area contributed by atoms with Crippen molar-refractivity contribution in [1.29, 1.82) is 0 Å². The van der Waals surface area contributed by atoms with Crippen molar-refractivity contribution in [1.82, 2.24) is 9.78 Å². The number of hydrogen-bond donors (Lipinski definition) is 1. The molecule has 1 aliphatic rings. The summed E-state index contributed by atoms with van der Waals surface area (Å²) in [5, 5.41) is 8.13. The van der Waals surface area contributed by atoms with Crippen molar-refractivity contribution in [2.24, 2.45) is 0 Å². The van der Waals surface area contributed by atoms with Crippen molar-refractivity contribution >= 4 is 23.5 Å². The third-order valence-electron chi connectivity index (χ3n) is 5.80. The Hall–Kier alpha value is -3.51. The second-order valence-corrected chi connectivity index (χ2v) is 9.47. The molecule has 5 nitrogen and oxygen atoms in total. The van der Waals surface area contributed by atoms with Crippen molar-refractivity contribution in [3.05, 3.63) is 95.6 Å². The van der Waals surface area contributed by atoms with Crippen LogP contribution in [0.5, 0.6) is 5.75 Å². The first-order chi connectivity index (χ1) is 16.6. The number of rotatable bonds is 6. The molecule has 0 bridgehead atoms. The predicted octanol–water partition coefficient (Wildman–Crippen LogP) is 6.41. The number of carbonyl (C=O) groups excluding carboxylic acids is 1. The maximum atomic E-state index is 12.8. The number of benzene rings is 3. The predicted molar refractivity (Wildman–Crippen MR) is 139 cm³/mol. The number of nitrogens with one attached hydrogen (secondary N) is 1. The average molecular weight is 470 g/mol. The van der Waals surface area contributed by atoms with E-state index >= 15 is 0 Å². The first-order valence-electron chi connectivity index (χ1n) is 11.5. The maximum Gasteiger partial charge on any atom is 0.235 e.